The molecule has 0 bridgehead atoms. The van der Waals surface area contributed by atoms with E-state index in [9.17, 15) is 19.2 Å². The van der Waals surface area contributed by atoms with Crippen molar-refractivity contribution in [3.63, 3.8) is 0 Å². The fourth-order valence-electron chi connectivity index (χ4n) is 2.41. The van der Waals surface area contributed by atoms with Gasteiger partial charge in [0.05, 0.1) is 0 Å². The third kappa shape index (κ3) is 8.59. The number of Topliss-reactive ketones (excluding diaryl/α,β-unsaturated/α-hetero) is 2. The molecule has 0 aliphatic rings. The minimum atomic E-state index is -0.501. The Morgan fingerprint density at radius 2 is 0.933 bits per heavy atom. The van der Waals surface area contributed by atoms with Crippen molar-refractivity contribution < 1.29 is 28.7 Å². The van der Waals surface area contributed by atoms with Gasteiger partial charge in [-0.1, -0.05) is 56.1 Å². The van der Waals surface area contributed by atoms with Crippen molar-refractivity contribution in [2.24, 2.45) is 0 Å². The van der Waals surface area contributed by atoms with Crippen LogP contribution < -0.4 is 0 Å². The fourth-order valence-corrected chi connectivity index (χ4v) is 2.94. The molecule has 0 fully saturated rings. The van der Waals surface area contributed by atoms with Crippen molar-refractivity contribution in [2.75, 3.05) is 13.2 Å². The molecule has 158 valence electrons. The maximum absolute atomic E-state index is 11.9. The lowest BCUT2D eigenvalue weighted by molar-refractivity contribution is -0.144. The molecular weight excluding hydrogens is 520 g/mol. The Morgan fingerprint density at radius 1 is 0.600 bits per heavy atom. The zero-order valence-corrected chi connectivity index (χ0v) is 19.2. The summed E-state index contributed by atoms with van der Waals surface area (Å²) in [6, 6.07) is 13.5. The Hall–Kier alpha value is -2.32. The van der Waals surface area contributed by atoms with E-state index in [4.69, 9.17) is 9.47 Å². The number of benzene rings is 2. The molecule has 0 heterocycles. The SMILES string of the molecule is O=C(CCCCC(=O)OCC(=O)c1ccc(Br)cc1)OCC(=O)c1ccc(Br)cc1. The van der Waals surface area contributed by atoms with E-state index in [2.05, 4.69) is 31.9 Å². The number of ketones is 2. The molecule has 2 aromatic rings. The lowest BCUT2D eigenvalue weighted by Crippen LogP contribution is -2.15. The highest BCUT2D eigenvalue weighted by Crippen LogP contribution is 2.12. The van der Waals surface area contributed by atoms with Gasteiger partial charge in [-0.25, -0.2) is 0 Å². The molecule has 0 amide bonds. The summed E-state index contributed by atoms with van der Waals surface area (Å²) < 4.78 is 11.6. The van der Waals surface area contributed by atoms with Crippen molar-refractivity contribution in [2.45, 2.75) is 25.7 Å². The predicted octanol–water partition coefficient (Wildman–Crippen LogP) is 4.92. The molecule has 0 unspecified atom stereocenters. The first-order chi connectivity index (χ1) is 14.3. The quantitative estimate of drug-likeness (QED) is 0.229. The van der Waals surface area contributed by atoms with Crippen molar-refractivity contribution in [3.8, 4) is 0 Å². The van der Waals surface area contributed by atoms with E-state index in [1.54, 1.807) is 48.5 Å². The van der Waals surface area contributed by atoms with Gasteiger partial charge in [-0.05, 0) is 37.1 Å². The molecule has 0 radical (unpaired) electrons. The van der Waals surface area contributed by atoms with Gasteiger partial charge in [0.15, 0.2) is 24.8 Å². The molecule has 0 aliphatic carbocycles. The largest absolute Gasteiger partial charge is 0.457 e. The molecule has 2 aromatic carbocycles. The monoisotopic (exact) mass is 538 g/mol. The molecular formula is C22H20Br2O6. The van der Waals surface area contributed by atoms with Crippen LogP contribution in [0, 0.1) is 0 Å². The fraction of sp³-hybridized carbons (Fsp3) is 0.273. The second-order valence-electron chi connectivity index (χ2n) is 6.39. The topological polar surface area (TPSA) is 86.7 Å². The predicted molar refractivity (Wildman–Crippen MR) is 117 cm³/mol. The van der Waals surface area contributed by atoms with Gasteiger partial charge in [-0.15, -0.1) is 0 Å². The van der Waals surface area contributed by atoms with Crippen LogP contribution >= 0.6 is 31.9 Å². The van der Waals surface area contributed by atoms with Gasteiger partial charge in [0, 0.05) is 32.9 Å². The minimum Gasteiger partial charge on any atom is -0.457 e. The van der Waals surface area contributed by atoms with Crippen LogP contribution in [0.4, 0.5) is 0 Å². The van der Waals surface area contributed by atoms with Crippen LogP contribution in [0.1, 0.15) is 46.4 Å². The van der Waals surface area contributed by atoms with E-state index < -0.39 is 11.9 Å². The molecule has 0 saturated carbocycles. The van der Waals surface area contributed by atoms with Crippen molar-refractivity contribution in [3.05, 3.63) is 68.6 Å². The summed E-state index contributed by atoms with van der Waals surface area (Å²) in [4.78, 5) is 47.3. The molecule has 6 nitrogen and oxygen atoms in total. The first kappa shape index (κ1) is 24.0. The van der Waals surface area contributed by atoms with Crippen LogP contribution in [0.2, 0.25) is 0 Å². The minimum absolute atomic E-state index is 0.0960. The summed E-state index contributed by atoms with van der Waals surface area (Å²) in [5, 5.41) is 0. The smallest absolute Gasteiger partial charge is 0.306 e. The van der Waals surface area contributed by atoms with Crippen molar-refractivity contribution >= 4 is 55.4 Å². The number of carbonyl (C=O) groups excluding carboxylic acids is 4. The number of halogens is 2. The maximum Gasteiger partial charge on any atom is 0.306 e. The molecule has 0 saturated heterocycles. The maximum atomic E-state index is 11.9. The molecule has 2 rings (SSSR count). The average Bonchev–Trinajstić information content (AvgIpc) is 2.74. The number of esters is 2. The third-order valence-electron chi connectivity index (χ3n) is 4.07. The Bertz CT molecular complexity index is 815. The number of unbranched alkanes of at least 4 members (excludes halogenated alkanes) is 1. The highest BCUT2D eigenvalue weighted by Gasteiger charge is 2.12. The van der Waals surface area contributed by atoms with Crippen LogP contribution in [0.15, 0.2) is 57.5 Å². The molecule has 0 atom stereocenters. The average molecular weight is 540 g/mol. The first-order valence-corrected chi connectivity index (χ1v) is 10.8. The number of hydrogen-bond acceptors (Lipinski definition) is 6. The second kappa shape index (κ2) is 12.4. The third-order valence-corrected chi connectivity index (χ3v) is 5.13. The van der Waals surface area contributed by atoms with Crippen LogP contribution in [0.3, 0.4) is 0 Å². The number of ether oxygens (including phenoxy) is 2. The van der Waals surface area contributed by atoms with Crippen molar-refractivity contribution in [1.82, 2.24) is 0 Å². The normalized spacial score (nSPS) is 10.3. The summed E-state index contributed by atoms with van der Waals surface area (Å²) in [5.41, 5.74) is 0.929. The van der Waals surface area contributed by atoms with Gasteiger partial charge in [0.25, 0.3) is 0 Å². The zero-order valence-electron chi connectivity index (χ0n) is 16.1. The second-order valence-corrected chi connectivity index (χ2v) is 8.22. The van der Waals surface area contributed by atoms with Gasteiger partial charge >= 0.3 is 11.9 Å². The van der Waals surface area contributed by atoms with Crippen LogP contribution in [-0.2, 0) is 19.1 Å². The highest BCUT2D eigenvalue weighted by molar-refractivity contribution is 9.10. The van der Waals surface area contributed by atoms with E-state index in [0.717, 1.165) is 8.95 Å². The van der Waals surface area contributed by atoms with E-state index >= 15 is 0 Å². The number of hydrogen-bond donors (Lipinski definition) is 0. The van der Waals surface area contributed by atoms with Gasteiger partial charge in [0.2, 0.25) is 0 Å². The Kier molecular flexibility index (Phi) is 9.89. The van der Waals surface area contributed by atoms with E-state index in [0.29, 0.717) is 24.0 Å². The van der Waals surface area contributed by atoms with Gasteiger partial charge in [0.1, 0.15) is 0 Å². The summed E-state index contributed by atoms with van der Waals surface area (Å²) in [6.45, 7) is -0.638. The van der Waals surface area contributed by atoms with Crippen molar-refractivity contribution in [1.29, 1.82) is 0 Å². The summed E-state index contributed by atoms with van der Waals surface area (Å²) in [6.07, 6.45) is 1.03. The summed E-state index contributed by atoms with van der Waals surface area (Å²) in [5.74, 6) is -1.57. The van der Waals surface area contributed by atoms with Crippen LogP contribution in [0.25, 0.3) is 0 Å². The lowest BCUT2D eigenvalue weighted by atomic mass is 10.1. The van der Waals surface area contributed by atoms with Crippen LogP contribution in [0.5, 0.6) is 0 Å². The Morgan fingerprint density at radius 3 is 1.27 bits per heavy atom. The van der Waals surface area contributed by atoms with E-state index in [1.165, 1.54) is 0 Å². The highest BCUT2D eigenvalue weighted by atomic mass is 79.9. The molecule has 0 spiro atoms. The number of carbonyl (C=O) groups is 4. The molecule has 0 aromatic heterocycles. The Labute approximate surface area is 191 Å². The first-order valence-electron chi connectivity index (χ1n) is 9.24. The van der Waals surface area contributed by atoms with E-state index in [1.807, 2.05) is 0 Å². The number of rotatable bonds is 11. The van der Waals surface area contributed by atoms with Gasteiger partial charge in [-0.3, -0.25) is 19.2 Å². The molecule has 8 heteroatoms. The van der Waals surface area contributed by atoms with Gasteiger partial charge < -0.3 is 9.47 Å². The zero-order chi connectivity index (χ0) is 21.9. The molecule has 0 N–H and O–H groups in total. The standard InChI is InChI=1S/C22H20Br2O6/c23-17-9-5-15(6-10-17)19(25)13-29-21(27)3-1-2-4-22(28)30-14-20(26)16-7-11-18(24)12-8-16/h5-12H,1-4,13-14H2. The Balaban J connectivity index is 1.57. The van der Waals surface area contributed by atoms with Gasteiger partial charge in [-0.2, -0.15) is 0 Å². The lowest BCUT2D eigenvalue weighted by Gasteiger charge is -2.06. The molecule has 0 aliphatic heterocycles. The van der Waals surface area contributed by atoms with Crippen LogP contribution in [-0.4, -0.2) is 36.7 Å². The molecule has 30 heavy (non-hydrogen) atoms. The summed E-state index contributed by atoms with van der Waals surface area (Å²) >= 11 is 6.57. The summed E-state index contributed by atoms with van der Waals surface area (Å²) in [7, 11) is 0. The van der Waals surface area contributed by atoms with E-state index in [-0.39, 0.29) is 37.6 Å².